The van der Waals surface area contributed by atoms with Gasteiger partial charge in [0.15, 0.2) is 0 Å². The lowest BCUT2D eigenvalue weighted by molar-refractivity contribution is -0.385. The van der Waals surface area contributed by atoms with Gasteiger partial charge >= 0.3 is 5.97 Å². The fraction of sp³-hybridized carbons (Fsp3) is 0. The second-order valence-electron chi connectivity index (χ2n) is 4.04. The molecule has 20 heavy (non-hydrogen) atoms. The van der Waals surface area contributed by atoms with Gasteiger partial charge in [-0.05, 0) is 23.8 Å². The number of carboxylic acid groups (broad SMARTS) is 1. The third-order valence-corrected chi connectivity index (χ3v) is 2.77. The van der Waals surface area contributed by atoms with E-state index in [1.165, 1.54) is 12.1 Å². The first-order valence-corrected chi connectivity index (χ1v) is 5.83. The van der Waals surface area contributed by atoms with Gasteiger partial charge in [-0.25, -0.2) is 4.79 Å². The molecule has 0 aliphatic carbocycles. The van der Waals surface area contributed by atoms with Gasteiger partial charge < -0.3 is 5.11 Å². The number of nitrogens with zero attached hydrogens (tertiary/aromatic N) is 1. The Kier molecular flexibility index (Phi) is 3.91. The Morgan fingerprint density at radius 2 is 1.55 bits per heavy atom. The standard InChI is InChI=1S/C15H11NO4/c17-15(18)13-7-3-1-5-11(13)9-10-12-6-2-4-8-14(12)16(19)20/h1-10H,(H,17,18)/b10-9+. The van der Waals surface area contributed by atoms with Crippen LogP contribution in [-0.4, -0.2) is 16.0 Å². The summed E-state index contributed by atoms with van der Waals surface area (Å²) in [6.45, 7) is 0. The Morgan fingerprint density at radius 3 is 2.20 bits per heavy atom. The largest absolute Gasteiger partial charge is 0.478 e. The third kappa shape index (κ3) is 2.89. The van der Waals surface area contributed by atoms with Gasteiger partial charge in [0.1, 0.15) is 0 Å². The Labute approximate surface area is 115 Å². The molecule has 0 aliphatic heterocycles. The number of aromatic carboxylic acids is 1. The highest BCUT2D eigenvalue weighted by atomic mass is 16.6. The second kappa shape index (κ2) is 5.79. The lowest BCUT2D eigenvalue weighted by atomic mass is 10.1. The van der Waals surface area contributed by atoms with Crippen LogP contribution in [0, 0.1) is 10.1 Å². The number of para-hydroxylation sites is 1. The van der Waals surface area contributed by atoms with E-state index >= 15 is 0 Å². The van der Waals surface area contributed by atoms with Crippen molar-refractivity contribution in [1.29, 1.82) is 0 Å². The van der Waals surface area contributed by atoms with E-state index in [1.807, 2.05) is 0 Å². The summed E-state index contributed by atoms with van der Waals surface area (Å²) in [5.41, 5.74) is 1.06. The average Bonchev–Trinajstić information content (AvgIpc) is 2.45. The van der Waals surface area contributed by atoms with Crippen LogP contribution in [0.5, 0.6) is 0 Å². The number of nitro benzene ring substituents is 1. The average molecular weight is 269 g/mol. The Bertz CT molecular complexity index is 632. The van der Waals surface area contributed by atoms with Crippen molar-refractivity contribution in [3.05, 3.63) is 75.3 Å². The maximum atomic E-state index is 11.1. The maximum absolute atomic E-state index is 11.1. The molecule has 0 atom stereocenters. The molecule has 5 nitrogen and oxygen atoms in total. The summed E-state index contributed by atoms with van der Waals surface area (Å²) in [5, 5.41) is 19.9. The summed E-state index contributed by atoms with van der Waals surface area (Å²) in [7, 11) is 0. The van der Waals surface area contributed by atoms with Gasteiger partial charge in [-0.2, -0.15) is 0 Å². The van der Waals surface area contributed by atoms with E-state index in [-0.39, 0.29) is 11.3 Å². The van der Waals surface area contributed by atoms with Crippen molar-refractivity contribution in [1.82, 2.24) is 0 Å². The molecule has 0 aliphatic rings. The minimum atomic E-state index is -1.03. The van der Waals surface area contributed by atoms with Crippen molar-refractivity contribution in [3.63, 3.8) is 0 Å². The molecule has 0 aromatic heterocycles. The Balaban J connectivity index is 2.40. The maximum Gasteiger partial charge on any atom is 0.336 e. The van der Waals surface area contributed by atoms with E-state index in [0.29, 0.717) is 11.1 Å². The van der Waals surface area contributed by atoms with E-state index in [1.54, 1.807) is 48.6 Å². The van der Waals surface area contributed by atoms with Gasteiger partial charge in [-0.1, -0.05) is 36.4 Å². The van der Waals surface area contributed by atoms with Crippen molar-refractivity contribution in [3.8, 4) is 0 Å². The normalized spacial score (nSPS) is 10.6. The van der Waals surface area contributed by atoms with Gasteiger partial charge in [0.25, 0.3) is 5.69 Å². The van der Waals surface area contributed by atoms with Crippen LogP contribution in [0.2, 0.25) is 0 Å². The molecule has 0 bridgehead atoms. The molecule has 0 radical (unpaired) electrons. The zero-order valence-electron chi connectivity index (χ0n) is 10.4. The van der Waals surface area contributed by atoms with E-state index in [9.17, 15) is 14.9 Å². The van der Waals surface area contributed by atoms with E-state index in [2.05, 4.69) is 0 Å². The summed E-state index contributed by atoms with van der Waals surface area (Å²) in [6, 6.07) is 12.8. The molecule has 0 unspecified atom stereocenters. The SMILES string of the molecule is O=C(O)c1ccccc1/C=C/c1ccccc1[N+](=O)[O-]. The zero-order valence-corrected chi connectivity index (χ0v) is 10.4. The monoisotopic (exact) mass is 269 g/mol. The molecule has 0 saturated heterocycles. The highest BCUT2D eigenvalue weighted by Crippen LogP contribution is 2.21. The fourth-order valence-electron chi connectivity index (χ4n) is 1.81. The predicted octanol–water partition coefficient (Wildman–Crippen LogP) is 3.46. The lowest BCUT2D eigenvalue weighted by Gasteiger charge is -2.00. The number of carboxylic acids is 1. The van der Waals surface area contributed by atoms with Crippen molar-refractivity contribution in [2.75, 3.05) is 0 Å². The summed E-state index contributed by atoms with van der Waals surface area (Å²) < 4.78 is 0. The summed E-state index contributed by atoms with van der Waals surface area (Å²) in [4.78, 5) is 21.5. The van der Waals surface area contributed by atoms with Crippen molar-refractivity contribution in [2.45, 2.75) is 0 Å². The van der Waals surface area contributed by atoms with Crippen LogP contribution in [0.1, 0.15) is 21.5 Å². The molecule has 0 fully saturated rings. The second-order valence-corrected chi connectivity index (χ2v) is 4.04. The molecule has 2 aromatic carbocycles. The van der Waals surface area contributed by atoms with E-state index in [0.717, 1.165) is 0 Å². The lowest BCUT2D eigenvalue weighted by Crippen LogP contribution is -1.98. The number of nitro groups is 1. The molecule has 1 N–H and O–H groups in total. The van der Waals surface area contributed by atoms with Crippen LogP contribution in [0.15, 0.2) is 48.5 Å². The van der Waals surface area contributed by atoms with Gasteiger partial charge in [-0.15, -0.1) is 0 Å². The minimum Gasteiger partial charge on any atom is -0.478 e. The first-order valence-electron chi connectivity index (χ1n) is 5.83. The van der Waals surface area contributed by atoms with Crippen LogP contribution in [0.25, 0.3) is 12.2 Å². The molecular weight excluding hydrogens is 258 g/mol. The van der Waals surface area contributed by atoms with Crippen molar-refractivity contribution < 1.29 is 14.8 Å². The van der Waals surface area contributed by atoms with Crippen molar-refractivity contribution in [2.24, 2.45) is 0 Å². The topological polar surface area (TPSA) is 80.4 Å². The molecule has 5 heteroatoms. The molecule has 0 spiro atoms. The highest BCUT2D eigenvalue weighted by molar-refractivity contribution is 5.93. The first kappa shape index (κ1) is 13.5. The van der Waals surface area contributed by atoms with E-state index < -0.39 is 10.9 Å². The van der Waals surface area contributed by atoms with Crippen LogP contribution in [-0.2, 0) is 0 Å². The first-order chi connectivity index (χ1) is 9.59. The highest BCUT2D eigenvalue weighted by Gasteiger charge is 2.10. The third-order valence-electron chi connectivity index (χ3n) is 2.77. The van der Waals surface area contributed by atoms with Gasteiger partial charge in [-0.3, -0.25) is 10.1 Å². The van der Waals surface area contributed by atoms with Crippen LogP contribution in [0.3, 0.4) is 0 Å². The summed E-state index contributed by atoms with van der Waals surface area (Å²) in [6.07, 6.45) is 3.10. The minimum absolute atomic E-state index is 0.0171. The predicted molar refractivity (Wildman–Crippen MR) is 75.4 cm³/mol. The Morgan fingerprint density at radius 1 is 1.00 bits per heavy atom. The number of rotatable bonds is 4. The molecule has 2 rings (SSSR count). The number of benzene rings is 2. The number of hydrogen-bond acceptors (Lipinski definition) is 3. The molecule has 0 heterocycles. The van der Waals surface area contributed by atoms with Crippen LogP contribution < -0.4 is 0 Å². The van der Waals surface area contributed by atoms with E-state index in [4.69, 9.17) is 5.11 Å². The quantitative estimate of drug-likeness (QED) is 0.523. The zero-order chi connectivity index (χ0) is 14.5. The summed E-state index contributed by atoms with van der Waals surface area (Å²) in [5.74, 6) is -1.03. The number of carbonyl (C=O) groups is 1. The smallest absolute Gasteiger partial charge is 0.336 e. The molecule has 0 amide bonds. The van der Waals surface area contributed by atoms with Gasteiger partial charge in [0.2, 0.25) is 0 Å². The van der Waals surface area contributed by atoms with Gasteiger partial charge in [0, 0.05) is 6.07 Å². The fourth-order valence-corrected chi connectivity index (χ4v) is 1.81. The molecule has 2 aromatic rings. The van der Waals surface area contributed by atoms with Crippen LogP contribution in [0.4, 0.5) is 5.69 Å². The van der Waals surface area contributed by atoms with Crippen LogP contribution >= 0.6 is 0 Å². The Hall–Kier alpha value is -2.95. The molecule has 100 valence electrons. The summed E-state index contributed by atoms with van der Waals surface area (Å²) >= 11 is 0. The number of hydrogen-bond donors (Lipinski definition) is 1. The molecule has 0 saturated carbocycles. The van der Waals surface area contributed by atoms with Gasteiger partial charge in [0.05, 0.1) is 16.1 Å². The molecular formula is C15H11NO4. The van der Waals surface area contributed by atoms with Crippen molar-refractivity contribution >= 4 is 23.8 Å².